The third-order valence-corrected chi connectivity index (χ3v) is 3.07. The molecule has 3 nitrogen and oxygen atoms in total. The summed E-state index contributed by atoms with van der Waals surface area (Å²) in [5.74, 6) is -0.435. The van der Waals surface area contributed by atoms with E-state index in [4.69, 9.17) is 9.84 Å². The van der Waals surface area contributed by atoms with Gasteiger partial charge in [-0.25, -0.2) is 4.79 Å². The van der Waals surface area contributed by atoms with Crippen LogP contribution >= 0.6 is 0 Å². The SMILES string of the molecule is Cc1cccc(-c2cccc(OC(C)(C)C(=O)O)c2)c1. The van der Waals surface area contributed by atoms with Crippen LogP contribution in [0.1, 0.15) is 19.4 Å². The quantitative estimate of drug-likeness (QED) is 0.916. The lowest BCUT2D eigenvalue weighted by molar-refractivity contribution is -0.152. The Morgan fingerprint density at radius 3 is 2.25 bits per heavy atom. The van der Waals surface area contributed by atoms with Crippen LogP contribution in [0.4, 0.5) is 0 Å². The van der Waals surface area contributed by atoms with E-state index in [1.165, 1.54) is 19.4 Å². The molecule has 0 aliphatic rings. The van der Waals surface area contributed by atoms with E-state index < -0.39 is 11.6 Å². The summed E-state index contributed by atoms with van der Waals surface area (Å²) < 4.78 is 5.56. The van der Waals surface area contributed by atoms with Crippen molar-refractivity contribution in [3.63, 3.8) is 0 Å². The minimum Gasteiger partial charge on any atom is -0.478 e. The Bertz CT molecular complexity index is 630. The molecule has 0 fully saturated rings. The first-order valence-corrected chi connectivity index (χ1v) is 6.48. The van der Waals surface area contributed by atoms with Crippen LogP contribution in [-0.2, 0) is 4.79 Å². The van der Waals surface area contributed by atoms with Gasteiger partial charge in [0.15, 0.2) is 5.60 Å². The lowest BCUT2D eigenvalue weighted by Gasteiger charge is -2.21. The van der Waals surface area contributed by atoms with Crippen molar-refractivity contribution in [1.29, 1.82) is 0 Å². The van der Waals surface area contributed by atoms with Crippen LogP contribution in [-0.4, -0.2) is 16.7 Å². The molecule has 0 radical (unpaired) electrons. The molecule has 2 aromatic carbocycles. The van der Waals surface area contributed by atoms with Gasteiger partial charge in [0.2, 0.25) is 0 Å². The number of hydrogen-bond donors (Lipinski definition) is 1. The monoisotopic (exact) mass is 270 g/mol. The molecule has 0 amide bonds. The van der Waals surface area contributed by atoms with Crippen LogP contribution in [0, 0.1) is 6.92 Å². The zero-order chi connectivity index (χ0) is 14.8. The molecule has 0 unspecified atom stereocenters. The second kappa shape index (κ2) is 5.37. The number of carboxylic acids is 1. The van der Waals surface area contributed by atoms with Crippen molar-refractivity contribution in [3.8, 4) is 16.9 Å². The first-order chi connectivity index (χ1) is 9.38. The van der Waals surface area contributed by atoms with E-state index in [2.05, 4.69) is 6.07 Å². The van der Waals surface area contributed by atoms with Crippen LogP contribution < -0.4 is 4.74 Å². The van der Waals surface area contributed by atoms with Gasteiger partial charge < -0.3 is 9.84 Å². The van der Waals surface area contributed by atoms with E-state index in [0.717, 1.165) is 11.1 Å². The highest BCUT2D eigenvalue weighted by Gasteiger charge is 2.29. The van der Waals surface area contributed by atoms with Crippen molar-refractivity contribution in [2.24, 2.45) is 0 Å². The highest BCUT2D eigenvalue weighted by molar-refractivity contribution is 5.77. The number of aliphatic carboxylic acids is 1. The van der Waals surface area contributed by atoms with E-state index in [0.29, 0.717) is 5.75 Å². The fourth-order valence-corrected chi connectivity index (χ4v) is 1.90. The molecule has 0 heterocycles. The van der Waals surface area contributed by atoms with Crippen LogP contribution in [0.3, 0.4) is 0 Å². The molecule has 104 valence electrons. The summed E-state index contributed by atoms with van der Waals surface area (Å²) in [5, 5.41) is 9.10. The maximum Gasteiger partial charge on any atom is 0.347 e. The van der Waals surface area contributed by atoms with Crippen molar-refractivity contribution >= 4 is 5.97 Å². The smallest absolute Gasteiger partial charge is 0.347 e. The Balaban J connectivity index is 2.31. The van der Waals surface area contributed by atoms with Crippen LogP contribution in [0.15, 0.2) is 48.5 Å². The van der Waals surface area contributed by atoms with E-state index in [1.54, 1.807) is 6.07 Å². The Labute approximate surface area is 118 Å². The molecule has 2 rings (SSSR count). The van der Waals surface area contributed by atoms with Crippen molar-refractivity contribution in [2.45, 2.75) is 26.4 Å². The summed E-state index contributed by atoms with van der Waals surface area (Å²) in [7, 11) is 0. The van der Waals surface area contributed by atoms with E-state index in [-0.39, 0.29) is 0 Å². The topological polar surface area (TPSA) is 46.5 Å². The number of carbonyl (C=O) groups is 1. The average molecular weight is 270 g/mol. The third kappa shape index (κ3) is 3.18. The maximum absolute atomic E-state index is 11.1. The molecule has 0 aliphatic heterocycles. The zero-order valence-electron chi connectivity index (χ0n) is 11.9. The summed E-state index contributed by atoms with van der Waals surface area (Å²) in [4.78, 5) is 11.1. The Morgan fingerprint density at radius 1 is 1.05 bits per heavy atom. The number of aryl methyl sites for hydroxylation is 1. The normalized spacial score (nSPS) is 11.2. The van der Waals surface area contributed by atoms with Gasteiger partial charge in [-0.1, -0.05) is 42.0 Å². The molecule has 0 saturated heterocycles. The van der Waals surface area contributed by atoms with E-state index in [9.17, 15) is 4.79 Å². The average Bonchev–Trinajstić information content (AvgIpc) is 2.38. The molecule has 0 aliphatic carbocycles. The lowest BCUT2D eigenvalue weighted by Crippen LogP contribution is -2.37. The minimum atomic E-state index is -1.24. The Kier molecular flexibility index (Phi) is 3.79. The molecule has 1 N–H and O–H groups in total. The van der Waals surface area contributed by atoms with Crippen LogP contribution in [0.2, 0.25) is 0 Å². The molecular weight excluding hydrogens is 252 g/mol. The lowest BCUT2D eigenvalue weighted by atomic mass is 10.0. The first-order valence-electron chi connectivity index (χ1n) is 6.48. The van der Waals surface area contributed by atoms with E-state index >= 15 is 0 Å². The van der Waals surface area contributed by atoms with Gasteiger partial charge >= 0.3 is 5.97 Å². The van der Waals surface area contributed by atoms with Gasteiger partial charge in [0.1, 0.15) is 5.75 Å². The fraction of sp³-hybridized carbons (Fsp3) is 0.235. The highest BCUT2D eigenvalue weighted by atomic mass is 16.5. The van der Waals surface area contributed by atoms with Crippen molar-refractivity contribution in [3.05, 3.63) is 54.1 Å². The molecular formula is C17H18O3. The second-order valence-corrected chi connectivity index (χ2v) is 5.31. The summed E-state index contributed by atoms with van der Waals surface area (Å²) >= 11 is 0. The standard InChI is InChI=1S/C17H18O3/c1-12-6-4-7-13(10-12)14-8-5-9-15(11-14)20-17(2,3)16(18)19/h4-11H,1-3H3,(H,18,19). The molecule has 0 saturated carbocycles. The summed E-state index contributed by atoms with van der Waals surface area (Å²) in [6.45, 7) is 5.11. The Hall–Kier alpha value is -2.29. The van der Waals surface area contributed by atoms with Gasteiger partial charge in [-0.3, -0.25) is 0 Å². The van der Waals surface area contributed by atoms with Crippen LogP contribution in [0.5, 0.6) is 5.75 Å². The summed E-state index contributed by atoms with van der Waals surface area (Å²) in [6, 6.07) is 15.6. The minimum absolute atomic E-state index is 0.552. The molecule has 20 heavy (non-hydrogen) atoms. The molecule has 3 heteroatoms. The summed E-state index contributed by atoms with van der Waals surface area (Å²) in [5.41, 5.74) is 2.03. The third-order valence-electron chi connectivity index (χ3n) is 3.07. The summed E-state index contributed by atoms with van der Waals surface area (Å²) in [6.07, 6.45) is 0. The van der Waals surface area contributed by atoms with Crippen molar-refractivity contribution in [2.75, 3.05) is 0 Å². The number of hydrogen-bond acceptors (Lipinski definition) is 2. The number of ether oxygens (including phenoxy) is 1. The van der Waals surface area contributed by atoms with E-state index in [1.807, 2.05) is 43.3 Å². The maximum atomic E-state index is 11.1. The number of rotatable bonds is 4. The number of carboxylic acid groups (broad SMARTS) is 1. The van der Waals surface area contributed by atoms with Gasteiger partial charge in [0.25, 0.3) is 0 Å². The van der Waals surface area contributed by atoms with Gasteiger partial charge in [0, 0.05) is 0 Å². The Morgan fingerprint density at radius 2 is 1.65 bits per heavy atom. The predicted molar refractivity (Wildman–Crippen MR) is 79.0 cm³/mol. The van der Waals surface area contributed by atoms with Crippen molar-refractivity contribution in [1.82, 2.24) is 0 Å². The zero-order valence-corrected chi connectivity index (χ0v) is 11.9. The molecule has 0 spiro atoms. The number of benzene rings is 2. The van der Waals surface area contributed by atoms with Gasteiger partial charge in [-0.15, -0.1) is 0 Å². The van der Waals surface area contributed by atoms with Gasteiger partial charge in [-0.2, -0.15) is 0 Å². The second-order valence-electron chi connectivity index (χ2n) is 5.31. The largest absolute Gasteiger partial charge is 0.478 e. The van der Waals surface area contributed by atoms with Crippen LogP contribution in [0.25, 0.3) is 11.1 Å². The first kappa shape index (κ1) is 14.1. The van der Waals surface area contributed by atoms with Crippen molar-refractivity contribution < 1.29 is 14.6 Å². The predicted octanol–water partition coefficient (Wildman–Crippen LogP) is 3.90. The molecule has 0 aromatic heterocycles. The fourth-order valence-electron chi connectivity index (χ4n) is 1.90. The van der Waals surface area contributed by atoms with Gasteiger partial charge in [-0.05, 0) is 44.0 Å². The highest BCUT2D eigenvalue weighted by Crippen LogP contribution is 2.26. The molecule has 0 bridgehead atoms. The van der Waals surface area contributed by atoms with Gasteiger partial charge in [0.05, 0.1) is 0 Å². The molecule has 0 atom stereocenters. The molecule has 2 aromatic rings.